The van der Waals surface area contributed by atoms with Crippen molar-refractivity contribution in [3.05, 3.63) is 0 Å². The quantitative estimate of drug-likeness (QED) is 0.694. The molecule has 2 saturated heterocycles. The van der Waals surface area contributed by atoms with Crippen LogP contribution in [-0.4, -0.2) is 22.8 Å². The van der Waals surface area contributed by atoms with Crippen LogP contribution in [0.3, 0.4) is 0 Å². The monoisotopic (exact) mass is 208 g/mol. The van der Waals surface area contributed by atoms with Crippen LogP contribution in [0, 0.1) is 11.3 Å². The van der Waals surface area contributed by atoms with E-state index >= 15 is 0 Å². The van der Waals surface area contributed by atoms with Gasteiger partial charge in [-0.2, -0.15) is 5.26 Å². The summed E-state index contributed by atoms with van der Waals surface area (Å²) in [6.07, 6.45) is 7.70. The van der Waals surface area contributed by atoms with E-state index in [1.807, 2.05) is 0 Å². The van der Waals surface area contributed by atoms with E-state index in [0.29, 0.717) is 18.5 Å². The van der Waals surface area contributed by atoms with Crippen LogP contribution < -0.4 is 5.32 Å². The van der Waals surface area contributed by atoms with Gasteiger partial charge in [0.25, 0.3) is 0 Å². The van der Waals surface area contributed by atoms with Gasteiger partial charge < -0.3 is 10.4 Å². The van der Waals surface area contributed by atoms with E-state index in [2.05, 4.69) is 11.4 Å². The molecular formula is C12H20N2O. The zero-order valence-electron chi connectivity index (χ0n) is 9.21. The summed E-state index contributed by atoms with van der Waals surface area (Å²) in [6, 6.07) is 3.18. The van der Waals surface area contributed by atoms with Gasteiger partial charge >= 0.3 is 0 Å². The van der Waals surface area contributed by atoms with Crippen molar-refractivity contribution in [2.75, 3.05) is 0 Å². The van der Waals surface area contributed by atoms with Crippen molar-refractivity contribution in [3.63, 3.8) is 0 Å². The molecule has 2 fully saturated rings. The Labute approximate surface area is 91.5 Å². The molecule has 2 bridgehead atoms. The lowest BCUT2D eigenvalue weighted by molar-refractivity contribution is -0.0381. The highest BCUT2D eigenvalue weighted by molar-refractivity contribution is 4.97. The minimum Gasteiger partial charge on any atom is -0.390 e. The normalized spacial score (nSPS) is 39.7. The predicted molar refractivity (Wildman–Crippen MR) is 58.2 cm³/mol. The molecule has 0 saturated carbocycles. The minimum absolute atomic E-state index is 0.488. The maximum absolute atomic E-state index is 10.5. The Balaban J connectivity index is 1.88. The molecule has 0 aromatic carbocycles. The lowest BCUT2D eigenvalue weighted by Crippen LogP contribution is -2.55. The predicted octanol–water partition coefficient (Wildman–Crippen LogP) is 1.72. The average Bonchev–Trinajstić information content (AvgIpc) is 2.17. The standard InChI is InChI=1S/C12H20N2O/c13-7-2-1-6-12(15)8-10-4-3-5-11(9-12)14-10/h10-11,14-15H,1-6,8-9H2. The van der Waals surface area contributed by atoms with Gasteiger partial charge in [-0.3, -0.25) is 0 Å². The second-order valence-corrected chi connectivity index (χ2v) is 5.14. The maximum Gasteiger partial charge on any atom is 0.0677 e. The number of piperidine rings is 2. The van der Waals surface area contributed by atoms with Crippen LogP contribution in [0.25, 0.3) is 0 Å². The van der Waals surface area contributed by atoms with E-state index in [0.717, 1.165) is 25.7 Å². The number of hydrogen-bond donors (Lipinski definition) is 2. The number of unbranched alkanes of at least 4 members (excludes halogenated alkanes) is 1. The SMILES string of the molecule is N#CCCCC1(O)CC2CCCC(C1)N2. The Morgan fingerprint density at radius 2 is 2.00 bits per heavy atom. The lowest BCUT2D eigenvalue weighted by Gasteiger charge is -2.45. The highest BCUT2D eigenvalue weighted by atomic mass is 16.3. The Kier molecular flexibility index (Phi) is 3.28. The van der Waals surface area contributed by atoms with Crippen LogP contribution in [0.15, 0.2) is 0 Å². The number of rotatable bonds is 3. The first kappa shape index (κ1) is 10.9. The molecule has 15 heavy (non-hydrogen) atoms. The summed E-state index contributed by atoms with van der Waals surface area (Å²) in [5.74, 6) is 0. The van der Waals surface area contributed by atoms with Gasteiger partial charge in [-0.15, -0.1) is 0 Å². The van der Waals surface area contributed by atoms with Gasteiger partial charge in [-0.1, -0.05) is 6.42 Å². The third kappa shape index (κ3) is 2.70. The Morgan fingerprint density at radius 3 is 2.60 bits per heavy atom. The number of nitrogens with one attached hydrogen (secondary N) is 1. The fourth-order valence-electron chi connectivity index (χ4n) is 3.13. The fraction of sp³-hybridized carbons (Fsp3) is 0.917. The molecular weight excluding hydrogens is 188 g/mol. The van der Waals surface area contributed by atoms with Crippen LogP contribution >= 0.6 is 0 Å². The van der Waals surface area contributed by atoms with Crippen molar-refractivity contribution in [1.82, 2.24) is 5.32 Å². The molecule has 0 aromatic rings. The van der Waals surface area contributed by atoms with Crippen LogP contribution in [0.2, 0.25) is 0 Å². The summed E-state index contributed by atoms with van der Waals surface area (Å²) in [4.78, 5) is 0. The minimum atomic E-state index is -0.488. The molecule has 2 aliphatic heterocycles. The van der Waals surface area contributed by atoms with Gasteiger partial charge in [0.2, 0.25) is 0 Å². The molecule has 2 N–H and O–H groups in total. The third-order valence-corrected chi connectivity index (χ3v) is 3.76. The molecule has 84 valence electrons. The molecule has 2 aliphatic rings. The summed E-state index contributed by atoms with van der Waals surface area (Å²) in [5, 5.41) is 22.5. The molecule has 0 aliphatic carbocycles. The summed E-state index contributed by atoms with van der Waals surface area (Å²) >= 11 is 0. The maximum atomic E-state index is 10.5. The summed E-state index contributed by atoms with van der Waals surface area (Å²) in [7, 11) is 0. The van der Waals surface area contributed by atoms with Gasteiger partial charge in [-0.25, -0.2) is 0 Å². The van der Waals surface area contributed by atoms with Crippen LogP contribution in [0.5, 0.6) is 0 Å². The van der Waals surface area contributed by atoms with Crippen LogP contribution in [0.4, 0.5) is 0 Å². The molecule has 2 rings (SSSR count). The van der Waals surface area contributed by atoms with Gasteiger partial charge in [0, 0.05) is 18.5 Å². The van der Waals surface area contributed by atoms with E-state index in [1.54, 1.807) is 0 Å². The highest BCUT2D eigenvalue weighted by Gasteiger charge is 2.39. The summed E-state index contributed by atoms with van der Waals surface area (Å²) in [5.41, 5.74) is -0.488. The number of hydrogen-bond acceptors (Lipinski definition) is 3. The van der Waals surface area contributed by atoms with Crippen molar-refractivity contribution in [3.8, 4) is 6.07 Å². The summed E-state index contributed by atoms with van der Waals surface area (Å²) in [6.45, 7) is 0. The van der Waals surface area contributed by atoms with Gasteiger partial charge in [0.1, 0.15) is 0 Å². The molecule has 0 amide bonds. The number of aliphatic hydroxyl groups is 1. The second kappa shape index (κ2) is 4.51. The first-order chi connectivity index (χ1) is 7.22. The molecule has 0 aromatic heterocycles. The molecule has 3 heteroatoms. The van der Waals surface area contributed by atoms with Gasteiger partial charge in [-0.05, 0) is 38.5 Å². The number of nitriles is 1. The molecule has 2 heterocycles. The van der Waals surface area contributed by atoms with Gasteiger partial charge in [0.05, 0.1) is 11.7 Å². The first-order valence-electron chi connectivity index (χ1n) is 6.07. The van der Waals surface area contributed by atoms with Crippen molar-refractivity contribution < 1.29 is 5.11 Å². The number of fused-ring (bicyclic) bond motifs is 2. The largest absolute Gasteiger partial charge is 0.390 e. The van der Waals surface area contributed by atoms with Crippen molar-refractivity contribution in [2.45, 2.75) is 69.1 Å². The lowest BCUT2D eigenvalue weighted by atomic mass is 9.75. The Bertz CT molecular complexity index is 247. The van der Waals surface area contributed by atoms with Gasteiger partial charge in [0.15, 0.2) is 0 Å². The molecule has 2 atom stereocenters. The Hall–Kier alpha value is -0.590. The van der Waals surface area contributed by atoms with Crippen LogP contribution in [0.1, 0.15) is 51.4 Å². The van der Waals surface area contributed by atoms with E-state index in [-0.39, 0.29) is 0 Å². The zero-order valence-corrected chi connectivity index (χ0v) is 9.21. The first-order valence-corrected chi connectivity index (χ1v) is 6.07. The molecule has 0 spiro atoms. The van der Waals surface area contributed by atoms with E-state index in [9.17, 15) is 5.11 Å². The molecule has 3 nitrogen and oxygen atoms in total. The number of nitrogens with zero attached hydrogens (tertiary/aromatic N) is 1. The smallest absolute Gasteiger partial charge is 0.0677 e. The topological polar surface area (TPSA) is 56.0 Å². The second-order valence-electron chi connectivity index (χ2n) is 5.14. The fourth-order valence-corrected chi connectivity index (χ4v) is 3.13. The van der Waals surface area contributed by atoms with E-state index in [4.69, 9.17) is 5.26 Å². The molecule has 2 unspecified atom stereocenters. The molecule has 0 radical (unpaired) electrons. The van der Waals surface area contributed by atoms with E-state index in [1.165, 1.54) is 19.3 Å². The van der Waals surface area contributed by atoms with Crippen molar-refractivity contribution in [1.29, 1.82) is 5.26 Å². The third-order valence-electron chi connectivity index (χ3n) is 3.76. The summed E-state index contributed by atoms with van der Waals surface area (Å²) < 4.78 is 0. The average molecular weight is 208 g/mol. The van der Waals surface area contributed by atoms with Crippen molar-refractivity contribution >= 4 is 0 Å². The Morgan fingerprint density at radius 1 is 1.33 bits per heavy atom. The zero-order chi connectivity index (χ0) is 10.7. The van der Waals surface area contributed by atoms with Crippen LogP contribution in [-0.2, 0) is 0 Å². The highest BCUT2D eigenvalue weighted by Crippen LogP contribution is 2.35. The van der Waals surface area contributed by atoms with E-state index < -0.39 is 5.60 Å². The van der Waals surface area contributed by atoms with Crippen molar-refractivity contribution in [2.24, 2.45) is 0 Å².